The first-order chi connectivity index (χ1) is 9.69. The molecule has 1 heterocycles. The van der Waals surface area contributed by atoms with E-state index in [0.29, 0.717) is 6.54 Å². The molecule has 5 heteroatoms. The summed E-state index contributed by atoms with van der Waals surface area (Å²) >= 11 is 0. The summed E-state index contributed by atoms with van der Waals surface area (Å²) in [5.41, 5.74) is 2.00. The van der Waals surface area contributed by atoms with Crippen molar-refractivity contribution in [3.8, 4) is 5.75 Å². The minimum atomic E-state index is 0.186. The Bertz CT molecular complexity index is 644. The predicted molar refractivity (Wildman–Crippen MR) is 76.7 cm³/mol. The van der Waals surface area contributed by atoms with Gasteiger partial charge in [0.1, 0.15) is 11.6 Å². The van der Waals surface area contributed by atoms with Gasteiger partial charge in [-0.25, -0.2) is 4.98 Å². The molecule has 5 nitrogen and oxygen atoms in total. The molecule has 1 aliphatic carbocycles. The molecule has 20 heavy (non-hydrogen) atoms. The number of nitrogens with one attached hydrogen (secondary N) is 1. The Morgan fingerprint density at radius 2 is 2.30 bits per heavy atom. The summed E-state index contributed by atoms with van der Waals surface area (Å²) in [5.74, 6) is 2.23. The van der Waals surface area contributed by atoms with E-state index >= 15 is 0 Å². The van der Waals surface area contributed by atoms with Crippen LogP contribution in [0, 0.1) is 5.92 Å². The van der Waals surface area contributed by atoms with Gasteiger partial charge < -0.3 is 14.6 Å². The molecule has 2 aromatic rings. The number of amides is 1. The summed E-state index contributed by atoms with van der Waals surface area (Å²) in [7, 11) is 3.65. The second-order valence-corrected chi connectivity index (χ2v) is 5.26. The van der Waals surface area contributed by atoms with Gasteiger partial charge in [0.25, 0.3) is 0 Å². The summed E-state index contributed by atoms with van der Waals surface area (Å²) < 4.78 is 7.28. The molecule has 1 saturated carbocycles. The number of hydrogen-bond donors (Lipinski definition) is 1. The highest BCUT2D eigenvalue weighted by molar-refractivity contribution is 5.81. The molecule has 1 aliphatic rings. The largest absolute Gasteiger partial charge is 0.497 e. The zero-order valence-electron chi connectivity index (χ0n) is 11.8. The average Bonchev–Trinajstić information content (AvgIpc) is 3.25. The van der Waals surface area contributed by atoms with E-state index in [1.165, 1.54) is 0 Å². The van der Waals surface area contributed by atoms with Gasteiger partial charge in [-0.15, -0.1) is 0 Å². The minimum absolute atomic E-state index is 0.186. The molecule has 0 aliphatic heterocycles. The molecule has 0 spiro atoms. The van der Waals surface area contributed by atoms with Gasteiger partial charge in [-0.2, -0.15) is 0 Å². The van der Waals surface area contributed by atoms with Crippen LogP contribution in [0.15, 0.2) is 18.2 Å². The third kappa shape index (κ3) is 2.48. The Balaban J connectivity index is 1.70. The summed E-state index contributed by atoms with van der Waals surface area (Å²) in [4.78, 5) is 16.2. The molecule has 0 unspecified atom stereocenters. The van der Waals surface area contributed by atoms with Crippen LogP contribution in [0.2, 0.25) is 0 Å². The SMILES string of the molecule is COc1ccc2c(c1)nc(CCNC(=O)C1CC1)n2C. The molecule has 1 N–H and O–H groups in total. The van der Waals surface area contributed by atoms with E-state index in [0.717, 1.165) is 41.9 Å². The fraction of sp³-hybridized carbons (Fsp3) is 0.467. The molecule has 1 fully saturated rings. The number of rotatable bonds is 5. The van der Waals surface area contributed by atoms with E-state index in [1.54, 1.807) is 7.11 Å². The summed E-state index contributed by atoms with van der Waals surface area (Å²) in [6, 6.07) is 5.87. The molecule has 1 aromatic heterocycles. The van der Waals surface area contributed by atoms with Crippen LogP contribution in [0.25, 0.3) is 11.0 Å². The normalized spacial score (nSPS) is 14.5. The lowest BCUT2D eigenvalue weighted by Crippen LogP contribution is -2.27. The fourth-order valence-corrected chi connectivity index (χ4v) is 2.37. The van der Waals surface area contributed by atoms with Crippen molar-refractivity contribution < 1.29 is 9.53 Å². The number of ether oxygens (including phenoxy) is 1. The van der Waals surface area contributed by atoms with Crippen LogP contribution in [0.4, 0.5) is 0 Å². The predicted octanol–water partition coefficient (Wildman–Crippen LogP) is 1.65. The number of hydrogen-bond acceptors (Lipinski definition) is 3. The van der Waals surface area contributed by atoms with Crippen LogP contribution < -0.4 is 10.1 Å². The van der Waals surface area contributed by atoms with Crippen molar-refractivity contribution >= 4 is 16.9 Å². The number of aromatic nitrogens is 2. The van der Waals surface area contributed by atoms with Gasteiger partial charge >= 0.3 is 0 Å². The van der Waals surface area contributed by atoms with Gasteiger partial charge in [0, 0.05) is 32.0 Å². The van der Waals surface area contributed by atoms with Gasteiger partial charge in [-0.3, -0.25) is 4.79 Å². The molecule has 1 amide bonds. The third-order valence-electron chi connectivity index (χ3n) is 3.78. The Hall–Kier alpha value is -2.04. The van der Waals surface area contributed by atoms with Crippen LogP contribution in [-0.4, -0.2) is 29.1 Å². The summed E-state index contributed by atoms with van der Waals surface area (Å²) in [6.45, 7) is 0.642. The van der Waals surface area contributed by atoms with E-state index in [-0.39, 0.29) is 11.8 Å². The summed E-state index contributed by atoms with van der Waals surface area (Å²) in [6.07, 6.45) is 2.82. The van der Waals surface area contributed by atoms with Gasteiger partial charge in [-0.1, -0.05) is 0 Å². The molecule has 0 atom stereocenters. The number of aryl methyl sites for hydroxylation is 1. The Labute approximate surface area is 117 Å². The number of methoxy groups -OCH3 is 1. The van der Waals surface area contributed by atoms with E-state index < -0.39 is 0 Å². The van der Waals surface area contributed by atoms with E-state index in [1.807, 2.05) is 25.2 Å². The number of carbonyl (C=O) groups excluding carboxylic acids is 1. The quantitative estimate of drug-likeness (QED) is 0.901. The molecule has 106 valence electrons. The Kier molecular flexibility index (Phi) is 3.34. The molecule has 0 saturated heterocycles. The van der Waals surface area contributed by atoms with Gasteiger partial charge in [0.2, 0.25) is 5.91 Å². The Morgan fingerprint density at radius 3 is 3.00 bits per heavy atom. The van der Waals surface area contributed by atoms with Crippen molar-refractivity contribution in [2.75, 3.05) is 13.7 Å². The van der Waals surface area contributed by atoms with Crippen LogP contribution in [0.1, 0.15) is 18.7 Å². The smallest absolute Gasteiger partial charge is 0.223 e. The second-order valence-electron chi connectivity index (χ2n) is 5.26. The number of fused-ring (bicyclic) bond motifs is 1. The first-order valence-electron chi connectivity index (χ1n) is 6.96. The lowest BCUT2D eigenvalue weighted by atomic mass is 10.3. The van der Waals surface area contributed by atoms with Crippen LogP contribution in [-0.2, 0) is 18.3 Å². The fourth-order valence-electron chi connectivity index (χ4n) is 2.37. The number of benzene rings is 1. The molecule has 1 aromatic carbocycles. The van der Waals surface area contributed by atoms with Crippen LogP contribution in [0.5, 0.6) is 5.75 Å². The van der Waals surface area contributed by atoms with Crippen LogP contribution >= 0.6 is 0 Å². The monoisotopic (exact) mass is 273 g/mol. The lowest BCUT2D eigenvalue weighted by Gasteiger charge is -2.04. The van der Waals surface area contributed by atoms with Crippen LogP contribution in [0.3, 0.4) is 0 Å². The Morgan fingerprint density at radius 1 is 1.50 bits per heavy atom. The maximum atomic E-state index is 11.6. The standard InChI is InChI=1S/C15H19N3O2/c1-18-13-6-5-11(20-2)9-12(13)17-14(18)7-8-16-15(19)10-3-4-10/h5-6,9-10H,3-4,7-8H2,1-2H3,(H,16,19). The van der Waals surface area contributed by atoms with Crippen molar-refractivity contribution in [3.05, 3.63) is 24.0 Å². The second kappa shape index (κ2) is 5.15. The lowest BCUT2D eigenvalue weighted by molar-refractivity contribution is -0.122. The van der Waals surface area contributed by atoms with Crippen molar-refractivity contribution in [2.24, 2.45) is 13.0 Å². The van der Waals surface area contributed by atoms with Crippen molar-refractivity contribution in [1.29, 1.82) is 0 Å². The van der Waals surface area contributed by atoms with E-state index in [4.69, 9.17) is 4.74 Å². The maximum absolute atomic E-state index is 11.6. The number of nitrogens with zero attached hydrogens (tertiary/aromatic N) is 2. The van der Waals surface area contributed by atoms with Crippen molar-refractivity contribution in [1.82, 2.24) is 14.9 Å². The highest BCUT2D eigenvalue weighted by Gasteiger charge is 2.29. The van der Waals surface area contributed by atoms with E-state index in [9.17, 15) is 4.79 Å². The van der Waals surface area contributed by atoms with Gasteiger partial charge in [0.05, 0.1) is 18.1 Å². The van der Waals surface area contributed by atoms with Crippen molar-refractivity contribution in [2.45, 2.75) is 19.3 Å². The number of carbonyl (C=O) groups is 1. The molecule has 0 radical (unpaired) electrons. The first-order valence-corrected chi connectivity index (χ1v) is 6.96. The molecule has 3 rings (SSSR count). The zero-order chi connectivity index (χ0) is 14.1. The van der Waals surface area contributed by atoms with Crippen molar-refractivity contribution in [3.63, 3.8) is 0 Å². The molecular formula is C15H19N3O2. The summed E-state index contributed by atoms with van der Waals surface area (Å²) in [5, 5.41) is 2.97. The molecular weight excluding hydrogens is 254 g/mol. The first kappa shape index (κ1) is 13.0. The van der Waals surface area contributed by atoms with E-state index in [2.05, 4.69) is 14.9 Å². The topological polar surface area (TPSA) is 56.1 Å². The van der Waals surface area contributed by atoms with Gasteiger partial charge in [0.15, 0.2) is 0 Å². The highest BCUT2D eigenvalue weighted by atomic mass is 16.5. The van der Waals surface area contributed by atoms with Gasteiger partial charge in [-0.05, 0) is 25.0 Å². The maximum Gasteiger partial charge on any atom is 0.223 e. The highest BCUT2D eigenvalue weighted by Crippen LogP contribution is 2.28. The minimum Gasteiger partial charge on any atom is -0.497 e. The average molecular weight is 273 g/mol. The third-order valence-corrected chi connectivity index (χ3v) is 3.78. The number of imidazole rings is 1. The zero-order valence-corrected chi connectivity index (χ0v) is 11.8. The molecule has 0 bridgehead atoms.